The normalized spacial score (nSPS) is 17.7. The number of hydrogen-bond acceptors (Lipinski definition) is 4. The third-order valence-corrected chi connectivity index (χ3v) is 4.32. The number of likely N-dealkylation sites (tertiary alicyclic amines) is 1. The SMILES string of the molecule is CN(C)[C@@H]1CCN(C(=O)c2cn(Cc3c(F)cccc3F)nn2)C1. The summed E-state index contributed by atoms with van der Waals surface area (Å²) >= 11 is 0. The number of rotatable bonds is 4. The van der Waals surface area contributed by atoms with E-state index < -0.39 is 11.6 Å². The van der Waals surface area contributed by atoms with E-state index in [1.165, 1.54) is 29.1 Å². The Balaban J connectivity index is 1.71. The van der Waals surface area contributed by atoms with E-state index in [2.05, 4.69) is 15.2 Å². The molecule has 0 N–H and O–H groups in total. The van der Waals surface area contributed by atoms with Crippen molar-refractivity contribution in [3.8, 4) is 0 Å². The summed E-state index contributed by atoms with van der Waals surface area (Å²) in [4.78, 5) is 16.3. The second-order valence-corrected chi connectivity index (χ2v) is 6.16. The van der Waals surface area contributed by atoms with Crippen LogP contribution in [0.5, 0.6) is 0 Å². The fourth-order valence-corrected chi connectivity index (χ4v) is 2.83. The third kappa shape index (κ3) is 3.28. The van der Waals surface area contributed by atoms with Crippen molar-refractivity contribution in [1.29, 1.82) is 0 Å². The lowest BCUT2D eigenvalue weighted by Crippen LogP contribution is -2.34. The van der Waals surface area contributed by atoms with Gasteiger partial charge in [-0.25, -0.2) is 13.5 Å². The Morgan fingerprint density at radius 3 is 2.67 bits per heavy atom. The zero-order valence-electron chi connectivity index (χ0n) is 13.6. The monoisotopic (exact) mass is 335 g/mol. The predicted molar refractivity (Wildman–Crippen MR) is 83.5 cm³/mol. The van der Waals surface area contributed by atoms with Gasteiger partial charge in [0.05, 0.1) is 12.7 Å². The Morgan fingerprint density at radius 1 is 1.33 bits per heavy atom. The molecule has 1 saturated heterocycles. The summed E-state index contributed by atoms with van der Waals surface area (Å²) in [6.07, 6.45) is 2.34. The Bertz CT molecular complexity index is 726. The lowest BCUT2D eigenvalue weighted by Gasteiger charge is -2.19. The number of carbonyl (C=O) groups excluding carboxylic acids is 1. The lowest BCUT2D eigenvalue weighted by molar-refractivity contribution is 0.0777. The molecule has 1 fully saturated rings. The van der Waals surface area contributed by atoms with E-state index in [4.69, 9.17) is 0 Å². The van der Waals surface area contributed by atoms with Crippen molar-refractivity contribution in [3.63, 3.8) is 0 Å². The molecule has 3 rings (SSSR count). The number of aromatic nitrogens is 3. The molecule has 1 aromatic heterocycles. The Kier molecular flexibility index (Phi) is 4.57. The molecule has 0 saturated carbocycles. The van der Waals surface area contributed by atoms with Crippen molar-refractivity contribution in [2.24, 2.45) is 0 Å². The van der Waals surface area contributed by atoms with Crippen LogP contribution in [0.15, 0.2) is 24.4 Å². The van der Waals surface area contributed by atoms with Gasteiger partial charge < -0.3 is 9.80 Å². The highest BCUT2D eigenvalue weighted by atomic mass is 19.1. The van der Waals surface area contributed by atoms with Crippen LogP contribution in [-0.2, 0) is 6.54 Å². The van der Waals surface area contributed by atoms with Crippen molar-refractivity contribution >= 4 is 5.91 Å². The van der Waals surface area contributed by atoms with Gasteiger partial charge in [-0.15, -0.1) is 5.10 Å². The topological polar surface area (TPSA) is 54.3 Å². The van der Waals surface area contributed by atoms with Crippen LogP contribution >= 0.6 is 0 Å². The van der Waals surface area contributed by atoms with Crippen molar-refractivity contribution < 1.29 is 13.6 Å². The number of carbonyl (C=O) groups is 1. The summed E-state index contributed by atoms with van der Waals surface area (Å²) in [7, 11) is 3.97. The second kappa shape index (κ2) is 6.64. The standard InChI is InChI=1S/C16H19F2N5O/c1-21(2)11-6-7-22(8-11)16(24)15-10-23(20-19-15)9-12-13(17)4-3-5-14(12)18/h3-5,10-11H,6-9H2,1-2H3/t11-/m1/s1. The van der Waals surface area contributed by atoms with Gasteiger partial charge in [0.15, 0.2) is 5.69 Å². The van der Waals surface area contributed by atoms with Crippen molar-refractivity contribution in [2.45, 2.75) is 19.0 Å². The van der Waals surface area contributed by atoms with Crippen LogP contribution in [-0.4, -0.2) is 63.9 Å². The molecule has 0 aliphatic carbocycles. The molecule has 6 nitrogen and oxygen atoms in total. The van der Waals surface area contributed by atoms with Gasteiger partial charge in [-0.2, -0.15) is 0 Å². The van der Waals surface area contributed by atoms with Crippen LogP contribution in [0.4, 0.5) is 8.78 Å². The molecule has 1 aromatic carbocycles. The molecule has 0 radical (unpaired) electrons. The molecule has 1 aliphatic heterocycles. The minimum atomic E-state index is -0.647. The lowest BCUT2D eigenvalue weighted by atomic mass is 10.2. The first-order valence-corrected chi connectivity index (χ1v) is 7.74. The highest BCUT2D eigenvalue weighted by Gasteiger charge is 2.29. The van der Waals surface area contributed by atoms with E-state index in [9.17, 15) is 13.6 Å². The summed E-state index contributed by atoms with van der Waals surface area (Å²) in [5.74, 6) is -1.50. The molecule has 1 atom stereocenters. The Hall–Kier alpha value is -2.35. The molecule has 0 unspecified atom stereocenters. The minimum Gasteiger partial charge on any atom is -0.336 e. The average molecular weight is 335 g/mol. The number of amides is 1. The summed E-state index contributed by atoms with van der Waals surface area (Å²) in [6, 6.07) is 4.01. The molecular formula is C16H19F2N5O. The van der Waals surface area contributed by atoms with Gasteiger partial charge >= 0.3 is 0 Å². The van der Waals surface area contributed by atoms with Crippen molar-refractivity contribution in [2.75, 3.05) is 27.2 Å². The molecule has 2 heterocycles. The average Bonchev–Trinajstić information content (AvgIpc) is 3.20. The smallest absolute Gasteiger partial charge is 0.276 e. The predicted octanol–water partition coefficient (Wildman–Crippen LogP) is 1.38. The quantitative estimate of drug-likeness (QED) is 0.847. The van der Waals surface area contributed by atoms with Crippen LogP contribution < -0.4 is 0 Å². The minimum absolute atomic E-state index is 0.102. The Morgan fingerprint density at radius 2 is 2.04 bits per heavy atom. The van der Waals surface area contributed by atoms with E-state index in [1.807, 2.05) is 14.1 Å². The number of hydrogen-bond donors (Lipinski definition) is 0. The van der Waals surface area contributed by atoms with Gasteiger partial charge in [-0.05, 0) is 32.6 Å². The highest BCUT2D eigenvalue weighted by molar-refractivity contribution is 5.92. The first kappa shape index (κ1) is 16.5. The number of halogens is 2. The van der Waals surface area contributed by atoms with E-state index in [0.29, 0.717) is 19.1 Å². The van der Waals surface area contributed by atoms with Gasteiger partial charge in [0, 0.05) is 24.7 Å². The van der Waals surface area contributed by atoms with E-state index in [1.54, 1.807) is 4.90 Å². The number of benzene rings is 1. The van der Waals surface area contributed by atoms with Crippen LogP contribution in [0.2, 0.25) is 0 Å². The van der Waals surface area contributed by atoms with E-state index in [-0.39, 0.29) is 23.7 Å². The Labute approximate surface area is 138 Å². The van der Waals surface area contributed by atoms with E-state index in [0.717, 1.165) is 6.42 Å². The maximum Gasteiger partial charge on any atom is 0.276 e. The van der Waals surface area contributed by atoms with Gasteiger partial charge in [-0.1, -0.05) is 11.3 Å². The first-order valence-electron chi connectivity index (χ1n) is 7.74. The summed E-state index contributed by atoms with van der Waals surface area (Å²) in [5, 5.41) is 7.67. The van der Waals surface area contributed by atoms with Crippen molar-refractivity contribution in [3.05, 3.63) is 47.3 Å². The van der Waals surface area contributed by atoms with E-state index >= 15 is 0 Å². The molecule has 0 bridgehead atoms. The highest BCUT2D eigenvalue weighted by Crippen LogP contribution is 2.16. The number of likely N-dealkylation sites (N-methyl/N-ethyl adjacent to an activating group) is 1. The molecule has 0 spiro atoms. The zero-order chi connectivity index (χ0) is 17.3. The molecule has 8 heteroatoms. The fraction of sp³-hybridized carbons (Fsp3) is 0.438. The maximum absolute atomic E-state index is 13.7. The molecule has 1 aliphatic rings. The first-order chi connectivity index (χ1) is 11.5. The van der Waals surface area contributed by atoms with Crippen LogP contribution in [0.25, 0.3) is 0 Å². The summed E-state index contributed by atoms with van der Waals surface area (Å²) < 4.78 is 28.6. The molecule has 2 aromatic rings. The zero-order valence-corrected chi connectivity index (χ0v) is 13.6. The van der Waals surface area contributed by atoms with Crippen LogP contribution in [0.1, 0.15) is 22.5 Å². The number of nitrogens with zero attached hydrogens (tertiary/aromatic N) is 5. The molecule has 128 valence electrons. The maximum atomic E-state index is 13.7. The third-order valence-electron chi connectivity index (χ3n) is 4.32. The van der Waals surface area contributed by atoms with Gasteiger partial charge in [-0.3, -0.25) is 4.79 Å². The molecule has 24 heavy (non-hydrogen) atoms. The molecular weight excluding hydrogens is 316 g/mol. The summed E-state index contributed by atoms with van der Waals surface area (Å²) in [6.45, 7) is 1.19. The summed E-state index contributed by atoms with van der Waals surface area (Å²) in [5.41, 5.74) is 0.0846. The second-order valence-electron chi connectivity index (χ2n) is 6.16. The van der Waals surface area contributed by atoms with Gasteiger partial charge in [0.1, 0.15) is 11.6 Å². The van der Waals surface area contributed by atoms with Crippen LogP contribution in [0.3, 0.4) is 0 Å². The van der Waals surface area contributed by atoms with Gasteiger partial charge in [0.25, 0.3) is 5.91 Å². The fourth-order valence-electron chi connectivity index (χ4n) is 2.83. The van der Waals surface area contributed by atoms with Crippen molar-refractivity contribution in [1.82, 2.24) is 24.8 Å². The van der Waals surface area contributed by atoms with Crippen LogP contribution in [0, 0.1) is 11.6 Å². The van der Waals surface area contributed by atoms with Gasteiger partial charge in [0.2, 0.25) is 0 Å². The largest absolute Gasteiger partial charge is 0.336 e. The molecule has 1 amide bonds.